The van der Waals surface area contributed by atoms with Gasteiger partial charge in [-0.1, -0.05) is 64.1 Å². The van der Waals surface area contributed by atoms with E-state index < -0.39 is 47.6 Å². The molecule has 0 radical (unpaired) electrons. The lowest BCUT2D eigenvalue weighted by Gasteiger charge is -2.29. The number of rotatable bonds is 10. The van der Waals surface area contributed by atoms with Crippen molar-refractivity contribution in [3.05, 3.63) is 120 Å². The molecule has 2 aliphatic rings. The number of aldehydes is 1. The van der Waals surface area contributed by atoms with Crippen molar-refractivity contribution in [1.29, 1.82) is 0 Å². The van der Waals surface area contributed by atoms with Gasteiger partial charge in [-0.05, 0) is 61.4 Å². The Kier molecular flexibility index (Phi) is 11.4. The number of nitrogens with zero attached hydrogens (tertiary/aromatic N) is 6. The number of hydrogen-bond donors (Lipinski definition) is 3. The molecule has 14 nitrogen and oxygen atoms in total. The molecule has 0 aliphatic carbocycles. The van der Waals surface area contributed by atoms with Gasteiger partial charge in [0.25, 0.3) is 11.8 Å². The van der Waals surface area contributed by atoms with E-state index in [1.54, 1.807) is 93.6 Å². The zero-order chi connectivity index (χ0) is 41.2. The number of benzene rings is 2. The third-order valence-electron chi connectivity index (χ3n) is 11.5. The second kappa shape index (κ2) is 16.5. The van der Waals surface area contributed by atoms with Crippen molar-refractivity contribution in [1.82, 2.24) is 29.2 Å². The summed E-state index contributed by atoms with van der Waals surface area (Å²) in [7, 11) is 0. The number of amides is 2. The van der Waals surface area contributed by atoms with Crippen molar-refractivity contribution in [3.8, 4) is 0 Å². The summed E-state index contributed by atoms with van der Waals surface area (Å²) in [6.07, 6.45) is -0.299. The number of aliphatic hydroxyl groups excluding tert-OH is 1. The number of fused-ring (bicyclic) bond motifs is 2. The van der Waals surface area contributed by atoms with E-state index >= 15 is 8.78 Å². The molecule has 16 heteroatoms. The standard InChI is InChI=1S/C21H23FN4O3.C21H21FN4O3/c2*1-3-21(11-27)13(2)17(22)18(29-21)15-9-10-16-19(23-12-24-26(15)16)25-20(28)14-7-5-4-6-8-14/h4-10,12-13,17-18,27H,3,11H2,1-2H3,(H,23,24,25,28);4-13,17-18H,3H2,1-2H3,(H,23,24,25,28)/t2*13-,17+,18-,21-/m00/s1. The van der Waals surface area contributed by atoms with Gasteiger partial charge in [0.05, 0.1) is 23.6 Å². The van der Waals surface area contributed by atoms with Crippen LogP contribution in [0.15, 0.2) is 97.6 Å². The van der Waals surface area contributed by atoms with Crippen LogP contribution >= 0.6 is 0 Å². The third kappa shape index (κ3) is 7.11. The minimum absolute atomic E-state index is 0.252. The van der Waals surface area contributed by atoms with Gasteiger partial charge in [0.1, 0.15) is 53.8 Å². The van der Waals surface area contributed by atoms with Crippen LogP contribution < -0.4 is 10.6 Å². The maximum absolute atomic E-state index is 15.1. The highest BCUT2D eigenvalue weighted by Gasteiger charge is 2.54. The number of nitrogens with one attached hydrogen (secondary N) is 2. The summed E-state index contributed by atoms with van der Waals surface area (Å²) in [4.78, 5) is 44.9. The van der Waals surface area contributed by atoms with Gasteiger partial charge < -0.3 is 30.0 Å². The molecule has 0 spiro atoms. The van der Waals surface area contributed by atoms with Crippen LogP contribution in [0.25, 0.3) is 11.0 Å². The van der Waals surface area contributed by atoms with Gasteiger partial charge in [-0.25, -0.2) is 27.8 Å². The van der Waals surface area contributed by atoms with Crippen LogP contribution in [0.2, 0.25) is 0 Å². The smallest absolute Gasteiger partial charge is 0.256 e. The molecule has 4 aromatic heterocycles. The number of carbonyl (C=O) groups excluding carboxylic acids is 3. The molecule has 2 aliphatic heterocycles. The third-order valence-corrected chi connectivity index (χ3v) is 11.5. The molecule has 2 aromatic carbocycles. The van der Waals surface area contributed by atoms with E-state index in [0.29, 0.717) is 64.3 Å². The van der Waals surface area contributed by atoms with Gasteiger partial charge >= 0.3 is 0 Å². The average Bonchev–Trinajstić information content (AvgIpc) is 4.02. The van der Waals surface area contributed by atoms with Crippen LogP contribution in [0.1, 0.15) is 84.8 Å². The number of aliphatic hydroxyl groups is 1. The van der Waals surface area contributed by atoms with E-state index in [0.717, 1.165) is 0 Å². The summed E-state index contributed by atoms with van der Waals surface area (Å²) in [5, 5.41) is 23.8. The molecule has 8 rings (SSSR count). The molecule has 6 aromatic rings. The summed E-state index contributed by atoms with van der Waals surface area (Å²) in [5.74, 6) is -1.03. The van der Waals surface area contributed by atoms with Crippen LogP contribution in [0.4, 0.5) is 20.4 Å². The lowest BCUT2D eigenvalue weighted by molar-refractivity contribution is -0.134. The van der Waals surface area contributed by atoms with Crippen molar-refractivity contribution < 1.29 is 37.7 Å². The monoisotopic (exact) mass is 794 g/mol. The molecule has 2 amide bonds. The Bertz CT molecular complexity index is 2410. The van der Waals surface area contributed by atoms with Crippen molar-refractivity contribution in [2.24, 2.45) is 11.8 Å². The Morgan fingerprint density at radius 2 is 1.19 bits per heavy atom. The number of carbonyl (C=O) groups is 3. The Hall–Kier alpha value is -5.97. The molecular weight excluding hydrogens is 751 g/mol. The van der Waals surface area contributed by atoms with Crippen LogP contribution in [-0.2, 0) is 14.3 Å². The van der Waals surface area contributed by atoms with Crippen molar-refractivity contribution in [3.63, 3.8) is 0 Å². The van der Waals surface area contributed by atoms with E-state index in [-0.39, 0.29) is 18.4 Å². The van der Waals surface area contributed by atoms with E-state index in [2.05, 4.69) is 30.8 Å². The lowest BCUT2D eigenvalue weighted by atomic mass is 9.85. The van der Waals surface area contributed by atoms with E-state index in [4.69, 9.17) is 9.47 Å². The Labute approximate surface area is 332 Å². The molecule has 6 heterocycles. The SMILES string of the molecule is CC[C@@]1(C=O)O[C@@H](c2ccc3c(NC(=O)c4ccccc4)ncnn23)[C@H](F)[C@@H]1C.CC[C@@]1(CO)O[C@@H](c2ccc3c(NC(=O)c4ccccc4)ncnn23)[C@H](F)[C@@H]1C. The van der Waals surface area contributed by atoms with Crippen LogP contribution in [0, 0.1) is 11.8 Å². The number of ether oxygens (including phenoxy) is 2. The molecular formula is C42H44F2N8O6. The molecule has 2 fully saturated rings. The number of aromatic nitrogens is 6. The summed E-state index contributed by atoms with van der Waals surface area (Å²) in [5.41, 5.74) is 0.936. The predicted octanol–water partition coefficient (Wildman–Crippen LogP) is 6.54. The van der Waals surface area contributed by atoms with E-state index in [1.165, 1.54) is 21.7 Å². The minimum Gasteiger partial charge on any atom is -0.393 e. The van der Waals surface area contributed by atoms with E-state index in [1.807, 2.05) is 19.1 Å². The fourth-order valence-corrected chi connectivity index (χ4v) is 7.76. The Balaban J connectivity index is 0.000000177. The first-order valence-corrected chi connectivity index (χ1v) is 19.1. The second-order valence-corrected chi connectivity index (χ2v) is 14.5. The number of alkyl halides is 2. The highest BCUT2D eigenvalue weighted by atomic mass is 19.1. The fraction of sp³-hybridized carbons (Fsp3) is 0.357. The molecule has 0 bridgehead atoms. The molecule has 2 saturated heterocycles. The van der Waals surface area contributed by atoms with Gasteiger partial charge in [-0.2, -0.15) is 10.2 Å². The highest BCUT2D eigenvalue weighted by molar-refractivity contribution is 6.06. The molecule has 8 atom stereocenters. The Morgan fingerprint density at radius 1 is 0.724 bits per heavy atom. The summed E-state index contributed by atoms with van der Waals surface area (Å²) < 4.78 is 45.1. The van der Waals surface area contributed by atoms with Crippen LogP contribution in [0.5, 0.6) is 0 Å². The predicted molar refractivity (Wildman–Crippen MR) is 210 cm³/mol. The first-order valence-electron chi connectivity index (χ1n) is 19.1. The van der Waals surface area contributed by atoms with Gasteiger partial charge in [0.15, 0.2) is 17.9 Å². The van der Waals surface area contributed by atoms with Gasteiger partial charge in [0.2, 0.25) is 0 Å². The largest absolute Gasteiger partial charge is 0.393 e. The Morgan fingerprint density at radius 3 is 1.59 bits per heavy atom. The van der Waals surface area contributed by atoms with E-state index in [9.17, 15) is 19.5 Å². The van der Waals surface area contributed by atoms with Gasteiger partial charge in [-0.15, -0.1) is 0 Å². The van der Waals surface area contributed by atoms with Crippen molar-refractivity contribution >= 4 is 40.8 Å². The average molecular weight is 795 g/mol. The van der Waals surface area contributed by atoms with Crippen molar-refractivity contribution in [2.45, 2.75) is 76.3 Å². The highest BCUT2D eigenvalue weighted by Crippen LogP contribution is 2.48. The molecule has 3 N–H and O–H groups in total. The summed E-state index contributed by atoms with van der Waals surface area (Å²) in [6, 6.07) is 24.4. The van der Waals surface area contributed by atoms with Crippen LogP contribution in [-0.4, -0.2) is 82.6 Å². The molecule has 302 valence electrons. The summed E-state index contributed by atoms with van der Waals surface area (Å²) in [6.45, 7) is 6.85. The number of halogens is 2. The zero-order valence-corrected chi connectivity index (χ0v) is 32.3. The summed E-state index contributed by atoms with van der Waals surface area (Å²) >= 11 is 0. The lowest BCUT2D eigenvalue weighted by Crippen LogP contribution is -2.39. The number of anilines is 2. The molecule has 0 saturated carbocycles. The zero-order valence-electron chi connectivity index (χ0n) is 32.3. The first kappa shape index (κ1) is 40.2. The topological polar surface area (TPSA) is 174 Å². The maximum Gasteiger partial charge on any atom is 0.256 e. The number of hydrogen-bond acceptors (Lipinski definition) is 10. The maximum atomic E-state index is 15.1. The van der Waals surface area contributed by atoms with Gasteiger partial charge in [0, 0.05) is 23.0 Å². The van der Waals surface area contributed by atoms with Crippen LogP contribution in [0.3, 0.4) is 0 Å². The quantitative estimate of drug-likeness (QED) is 0.129. The normalized spacial score (nSPS) is 26.6. The molecule has 0 unspecified atom stereocenters. The minimum atomic E-state index is -1.37. The first-order chi connectivity index (χ1) is 28.0. The second-order valence-electron chi connectivity index (χ2n) is 14.5. The fourth-order valence-electron chi connectivity index (χ4n) is 7.76. The van der Waals surface area contributed by atoms with Crippen molar-refractivity contribution in [2.75, 3.05) is 17.2 Å². The molecule has 58 heavy (non-hydrogen) atoms. The van der Waals surface area contributed by atoms with Gasteiger partial charge in [-0.3, -0.25) is 9.59 Å².